The molecule has 0 amide bonds. The van der Waals surface area contributed by atoms with Gasteiger partial charge >= 0.3 is 6.16 Å². The number of non-ortho nitro benzene ring substituents is 1. The lowest BCUT2D eigenvalue weighted by Gasteiger charge is -2.12. The summed E-state index contributed by atoms with van der Waals surface area (Å²) in [6.07, 6.45) is -1.41. The smallest absolute Gasteiger partial charge is 0.449 e. The van der Waals surface area contributed by atoms with Crippen molar-refractivity contribution in [2.45, 2.75) is 6.92 Å². The number of carboxylic acid groups (broad SMARTS) is 1. The molecule has 0 bridgehead atoms. The van der Waals surface area contributed by atoms with E-state index in [0.29, 0.717) is 11.4 Å². The number of nitrogen functional groups attached to an aromatic ring is 1. The van der Waals surface area contributed by atoms with Gasteiger partial charge in [-0.2, -0.15) is 0 Å². The third-order valence-corrected chi connectivity index (χ3v) is 2.93. The van der Waals surface area contributed by atoms with Gasteiger partial charge in [0.1, 0.15) is 5.75 Å². The van der Waals surface area contributed by atoms with Gasteiger partial charge in [-0.1, -0.05) is 6.07 Å². The van der Waals surface area contributed by atoms with Crippen molar-refractivity contribution in [2.24, 2.45) is 0 Å². The van der Waals surface area contributed by atoms with Gasteiger partial charge in [-0.05, 0) is 24.6 Å². The molecular formula is C14H13N3O5. The number of nitro benzene ring substituents is 1. The van der Waals surface area contributed by atoms with Crippen molar-refractivity contribution >= 4 is 28.9 Å². The molecule has 0 fully saturated rings. The van der Waals surface area contributed by atoms with Crippen LogP contribution in [0.2, 0.25) is 0 Å². The van der Waals surface area contributed by atoms with Crippen molar-refractivity contribution in [3.63, 3.8) is 0 Å². The van der Waals surface area contributed by atoms with E-state index in [4.69, 9.17) is 10.8 Å². The fourth-order valence-corrected chi connectivity index (χ4v) is 1.82. The second kappa shape index (κ2) is 6.00. The Morgan fingerprint density at radius 2 is 2.00 bits per heavy atom. The highest BCUT2D eigenvalue weighted by molar-refractivity contribution is 5.76. The number of aryl methyl sites for hydroxylation is 1. The Balaban J connectivity index is 2.30. The predicted molar refractivity (Wildman–Crippen MR) is 80.6 cm³/mol. The fraction of sp³-hybridized carbons (Fsp3) is 0.0714. The summed E-state index contributed by atoms with van der Waals surface area (Å²) in [7, 11) is 0. The van der Waals surface area contributed by atoms with Gasteiger partial charge < -0.3 is 20.9 Å². The van der Waals surface area contributed by atoms with Crippen LogP contribution in [0.15, 0.2) is 36.4 Å². The Labute approximate surface area is 125 Å². The van der Waals surface area contributed by atoms with E-state index in [1.165, 1.54) is 30.3 Å². The molecule has 0 heterocycles. The number of nitro groups is 1. The van der Waals surface area contributed by atoms with E-state index >= 15 is 0 Å². The first kappa shape index (κ1) is 15.1. The lowest BCUT2D eigenvalue weighted by atomic mass is 10.1. The molecule has 0 spiro atoms. The molecule has 0 aliphatic heterocycles. The zero-order chi connectivity index (χ0) is 16.3. The second-order valence-corrected chi connectivity index (χ2v) is 4.50. The Kier molecular flexibility index (Phi) is 4.12. The number of anilines is 3. The molecule has 2 aromatic carbocycles. The van der Waals surface area contributed by atoms with Gasteiger partial charge in [-0.25, -0.2) is 4.79 Å². The molecule has 0 saturated carbocycles. The predicted octanol–water partition coefficient (Wildman–Crippen LogP) is 3.29. The van der Waals surface area contributed by atoms with E-state index in [1.807, 2.05) is 6.92 Å². The maximum absolute atomic E-state index is 10.7. The van der Waals surface area contributed by atoms with Gasteiger partial charge in [0, 0.05) is 23.9 Å². The maximum Gasteiger partial charge on any atom is 0.511 e. The third-order valence-electron chi connectivity index (χ3n) is 2.93. The maximum atomic E-state index is 10.7. The zero-order valence-corrected chi connectivity index (χ0v) is 11.6. The van der Waals surface area contributed by atoms with Crippen LogP contribution in [-0.4, -0.2) is 16.2 Å². The van der Waals surface area contributed by atoms with E-state index in [0.717, 1.165) is 5.56 Å². The topological polar surface area (TPSA) is 128 Å². The molecule has 8 nitrogen and oxygen atoms in total. The molecule has 0 aliphatic rings. The first-order chi connectivity index (χ1) is 10.4. The Morgan fingerprint density at radius 1 is 1.27 bits per heavy atom. The van der Waals surface area contributed by atoms with Crippen molar-refractivity contribution in [1.29, 1.82) is 0 Å². The summed E-state index contributed by atoms with van der Waals surface area (Å²) in [6.45, 7) is 1.81. The summed E-state index contributed by atoms with van der Waals surface area (Å²) in [6, 6.07) is 8.76. The van der Waals surface area contributed by atoms with Gasteiger partial charge in [0.25, 0.3) is 5.69 Å². The highest BCUT2D eigenvalue weighted by Gasteiger charge is 2.10. The summed E-state index contributed by atoms with van der Waals surface area (Å²) in [4.78, 5) is 20.7. The molecule has 2 aromatic rings. The monoisotopic (exact) mass is 303 g/mol. The van der Waals surface area contributed by atoms with Crippen LogP contribution in [0, 0.1) is 17.0 Å². The van der Waals surface area contributed by atoms with Crippen molar-refractivity contribution in [1.82, 2.24) is 0 Å². The van der Waals surface area contributed by atoms with Crippen LogP contribution in [0.4, 0.5) is 27.5 Å². The van der Waals surface area contributed by atoms with E-state index in [2.05, 4.69) is 10.1 Å². The number of hydrogen-bond acceptors (Lipinski definition) is 6. The van der Waals surface area contributed by atoms with E-state index in [1.54, 1.807) is 6.07 Å². The van der Waals surface area contributed by atoms with Crippen molar-refractivity contribution in [2.75, 3.05) is 11.1 Å². The summed E-state index contributed by atoms with van der Waals surface area (Å²) in [5.41, 5.74) is 7.77. The number of ether oxygens (including phenoxy) is 1. The summed E-state index contributed by atoms with van der Waals surface area (Å²) < 4.78 is 4.58. The van der Waals surface area contributed by atoms with Crippen molar-refractivity contribution in [3.8, 4) is 5.75 Å². The van der Waals surface area contributed by atoms with Crippen LogP contribution in [0.3, 0.4) is 0 Å². The second-order valence-electron chi connectivity index (χ2n) is 4.50. The molecule has 8 heteroatoms. The number of benzene rings is 2. The summed E-state index contributed by atoms with van der Waals surface area (Å²) in [5, 5.41) is 22.3. The van der Waals surface area contributed by atoms with Gasteiger partial charge in [-0.3, -0.25) is 10.1 Å². The van der Waals surface area contributed by atoms with Gasteiger partial charge in [0.2, 0.25) is 0 Å². The molecule has 0 aromatic heterocycles. The minimum Gasteiger partial charge on any atom is -0.449 e. The molecule has 114 valence electrons. The molecule has 4 N–H and O–H groups in total. The highest BCUT2D eigenvalue weighted by atomic mass is 16.7. The average Bonchev–Trinajstić information content (AvgIpc) is 2.43. The number of nitrogens with one attached hydrogen (secondary N) is 1. The minimum atomic E-state index is -1.41. The van der Waals surface area contributed by atoms with E-state index in [9.17, 15) is 14.9 Å². The van der Waals surface area contributed by atoms with E-state index in [-0.39, 0.29) is 17.1 Å². The molecule has 0 unspecified atom stereocenters. The first-order valence-electron chi connectivity index (χ1n) is 6.19. The van der Waals surface area contributed by atoms with Gasteiger partial charge in [-0.15, -0.1) is 0 Å². The van der Waals surface area contributed by atoms with Crippen LogP contribution in [-0.2, 0) is 0 Å². The average molecular weight is 303 g/mol. The normalized spacial score (nSPS) is 10.0. The molecule has 2 rings (SSSR count). The Morgan fingerprint density at radius 3 is 2.59 bits per heavy atom. The lowest BCUT2D eigenvalue weighted by molar-refractivity contribution is -0.384. The van der Waals surface area contributed by atoms with Crippen LogP contribution < -0.4 is 15.8 Å². The Bertz CT molecular complexity index is 745. The van der Waals surface area contributed by atoms with Gasteiger partial charge in [0.05, 0.1) is 16.3 Å². The number of hydrogen-bond donors (Lipinski definition) is 3. The van der Waals surface area contributed by atoms with Crippen LogP contribution in [0.1, 0.15) is 5.56 Å². The lowest BCUT2D eigenvalue weighted by Crippen LogP contribution is -2.04. The summed E-state index contributed by atoms with van der Waals surface area (Å²) >= 11 is 0. The first-order valence-corrected chi connectivity index (χ1v) is 6.19. The van der Waals surface area contributed by atoms with Crippen molar-refractivity contribution < 1.29 is 19.6 Å². The SMILES string of the molecule is Cc1ccc(OC(=O)O)cc1Nc1ccc([N+](=O)[O-])cc1N. The van der Waals surface area contributed by atoms with Crippen LogP contribution in [0.25, 0.3) is 0 Å². The fourth-order valence-electron chi connectivity index (χ4n) is 1.82. The number of nitrogens with two attached hydrogens (primary N) is 1. The van der Waals surface area contributed by atoms with Gasteiger partial charge in [0.15, 0.2) is 0 Å². The van der Waals surface area contributed by atoms with Crippen LogP contribution in [0.5, 0.6) is 5.75 Å². The standard InChI is InChI=1S/C14H13N3O5/c1-8-2-4-10(22-14(18)19)7-13(8)16-12-5-3-9(17(20)21)6-11(12)15/h2-7,16H,15H2,1H3,(H,18,19). The number of carbonyl (C=O) groups is 1. The molecular weight excluding hydrogens is 290 g/mol. The molecule has 0 saturated heterocycles. The molecule has 0 atom stereocenters. The van der Waals surface area contributed by atoms with Crippen molar-refractivity contribution in [3.05, 3.63) is 52.1 Å². The van der Waals surface area contributed by atoms with E-state index < -0.39 is 11.1 Å². The number of rotatable bonds is 4. The molecule has 0 radical (unpaired) electrons. The summed E-state index contributed by atoms with van der Waals surface area (Å²) in [5.74, 6) is 0.154. The zero-order valence-electron chi connectivity index (χ0n) is 11.6. The highest BCUT2D eigenvalue weighted by Crippen LogP contribution is 2.30. The quantitative estimate of drug-likeness (QED) is 0.260. The largest absolute Gasteiger partial charge is 0.511 e. The van der Waals surface area contributed by atoms with Crippen LogP contribution >= 0.6 is 0 Å². The minimum absolute atomic E-state index is 0.109. The third kappa shape index (κ3) is 3.42. The number of nitrogens with zero attached hydrogens (tertiary/aromatic N) is 1. The molecule has 0 aliphatic carbocycles. The Hall–Kier alpha value is -3.29. The molecule has 22 heavy (non-hydrogen) atoms.